The van der Waals surface area contributed by atoms with Crippen molar-refractivity contribution in [1.82, 2.24) is 5.32 Å². The molecule has 1 aliphatic rings. The zero-order valence-electron chi connectivity index (χ0n) is 8.77. The highest BCUT2D eigenvalue weighted by Crippen LogP contribution is 2.18. The number of anilines is 1. The Morgan fingerprint density at radius 2 is 2.24 bits per heavy atom. The maximum atomic E-state index is 11.5. The molecule has 1 saturated heterocycles. The van der Waals surface area contributed by atoms with Gasteiger partial charge in [0.05, 0.1) is 11.5 Å². The SMILES string of the molecule is O=C(Nc1ccc(Br)o1)NC1CCS(=O)(=O)C1. The number of halogens is 1. The summed E-state index contributed by atoms with van der Waals surface area (Å²) in [6.07, 6.45) is 0.456. The Kier molecular flexibility index (Phi) is 3.43. The third-order valence-corrected chi connectivity index (χ3v) is 4.57. The number of rotatable bonds is 2. The molecule has 0 saturated carbocycles. The second-order valence-corrected chi connectivity index (χ2v) is 6.81. The van der Waals surface area contributed by atoms with Gasteiger partial charge in [-0.05, 0) is 28.4 Å². The molecule has 0 spiro atoms. The van der Waals surface area contributed by atoms with E-state index in [0.29, 0.717) is 17.0 Å². The van der Waals surface area contributed by atoms with Gasteiger partial charge in [-0.3, -0.25) is 5.32 Å². The smallest absolute Gasteiger partial charge is 0.321 e. The zero-order valence-corrected chi connectivity index (χ0v) is 11.2. The van der Waals surface area contributed by atoms with Crippen molar-refractivity contribution >= 4 is 37.7 Å². The van der Waals surface area contributed by atoms with Crippen LogP contribution < -0.4 is 10.6 Å². The van der Waals surface area contributed by atoms with Gasteiger partial charge in [-0.15, -0.1) is 0 Å². The van der Waals surface area contributed by atoms with Crippen molar-refractivity contribution in [2.45, 2.75) is 12.5 Å². The van der Waals surface area contributed by atoms with Crippen LogP contribution in [-0.4, -0.2) is 32.0 Å². The van der Waals surface area contributed by atoms with Crippen molar-refractivity contribution in [2.24, 2.45) is 0 Å². The molecule has 0 aliphatic carbocycles. The van der Waals surface area contributed by atoms with E-state index in [1.54, 1.807) is 12.1 Å². The molecule has 0 aromatic carbocycles. The summed E-state index contributed by atoms with van der Waals surface area (Å²) in [4.78, 5) is 11.5. The molecule has 1 atom stereocenters. The van der Waals surface area contributed by atoms with E-state index in [1.165, 1.54) is 0 Å². The van der Waals surface area contributed by atoms with Crippen molar-refractivity contribution in [1.29, 1.82) is 0 Å². The lowest BCUT2D eigenvalue weighted by Crippen LogP contribution is -2.38. The minimum absolute atomic E-state index is 0.00225. The highest BCUT2D eigenvalue weighted by Gasteiger charge is 2.28. The fraction of sp³-hybridized carbons (Fsp3) is 0.444. The van der Waals surface area contributed by atoms with Crippen LogP contribution in [0.3, 0.4) is 0 Å². The number of sulfone groups is 1. The van der Waals surface area contributed by atoms with Gasteiger partial charge < -0.3 is 9.73 Å². The third kappa shape index (κ3) is 3.47. The van der Waals surface area contributed by atoms with Gasteiger partial charge in [-0.1, -0.05) is 0 Å². The van der Waals surface area contributed by atoms with E-state index >= 15 is 0 Å². The minimum Gasteiger partial charge on any atom is -0.434 e. The van der Waals surface area contributed by atoms with Crippen molar-refractivity contribution in [3.63, 3.8) is 0 Å². The summed E-state index contributed by atoms with van der Waals surface area (Å²) in [6, 6.07) is 2.46. The molecule has 0 bridgehead atoms. The van der Waals surface area contributed by atoms with Crippen LogP contribution in [0.15, 0.2) is 21.2 Å². The summed E-state index contributed by atoms with van der Waals surface area (Å²) < 4.78 is 28.0. The Hall–Kier alpha value is -1.02. The molecule has 1 fully saturated rings. The molecule has 0 radical (unpaired) electrons. The second kappa shape index (κ2) is 4.69. The Morgan fingerprint density at radius 3 is 2.76 bits per heavy atom. The minimum atomic E-state index is -2.98. The lowest BCUT2D eigenvalue weighted by Gasteiger charge is -2.10. The van der Waals surface area contributed by atoms with Gasteiger partial charge in [0.25, 0.3) is 0 Å². The maximum Gasteiger partial charge on any atom is 0.321 e. The lowest BCUT2D eigenvalue weighted by atomic mass is 10.3. The van der Waals surface area contributed by atoms with Crippen LogP contribution >= 0.6 is 15.9 Å². The molecule has 8 heteroatoms. The van der Waals surface area contributed by atoms with E-state index < -0.39 is 15.9 Å². The van der Waals surface area contributed by atoms with Crippen LogP contribution in [0.5, 0.6) is 0 Å². The van der Waals surface area contributed by atoms with Gasteiger partial charge in [0.1, 0.15) is 0 Å². The van der Waals surface area contributed by atoms with Crippen LogP contribution in [0.25, 0.3) is 0 Å². The molecule has 1 aromatic heterocycles. The number of amides is 2. The molecule has 2 rings (SSSR count). The summed E-state index contributed by atoms with van der Waals surface area (Å²) in [5.74, 6) is 0.433. The second-order valence-electron chi connectivity index (χ2n) is 3.80. The lowest BCUT2D eigenvalue weighted by molar-refractivity contribution is 0.249. The first-order chi connectivity index (χ1) is 7.94. The molecular weight excluding hydrogens is 312 g/mol. The van der Waals surface area contributed by atoms with Crippen molar-refractivity contribution < 1.29 is 17.6 Å². The van der Waals surface area contributed by atoms with Gasteiger partial charge in [-0.25, -0.2) is 13.2 Å². The van der Waals surface area contributed by atoms with Crippen LogP contribution in [-0.2, 0) is 9.84 Å². The quantitative estimate of drug-likeness (QED) is 0.860. The van der Waals surface area contributed by atoms with Crippen LogP contribution in [0.2, 0.25) is 0 Å². The molecule has 1 aliphatic heterocycles. The molecule has 2 N–H and O–H groups in total. The third-order valence-electron chi connectivity index (χ3n) is 2.38. The Morgan fingerprint density at radius 1 is 1.47 bits per heavy atom. The van der Waals surface area contributed by atoms with E-state index in [9.17, 15) is 13.2 Å². The average Bonchev–Trinajstić information content (AvgIpc) is 2.73. The summed E-state index contributed by atoms with van der Waals surface area (Å²) in [6.45, 7) is 0. The number of furan rings is 1. The molecule has 17 heavy (non-hydrogen) atoms. The summed E-state index contributed by atoms with van der Waals surface area (Å²) in [5.41, 5.74) is 0. The first-order valence-electron chi connectivity index (χ1n) is 4.98. The molecular formula is C9H11BrN2O4S. The number of urea groups is 1. The van der Waals surface area contributed by atoms with Crippen molar-refractivity contribution in [2.75, 3.05) is 16.8 Å². The van der Waals surface area contributed by atoms with E-state index in [4.69, 9.17) is 4.42 Å². The Balaban J connectivity index is 1.86. The topological polar surface area (TPSA) is 88.4 Å². The first-order valence-corrected chi connectivity index (χ1v) is 7.59. The predicted octanol–water partition coefficient (Wildman–Crippen LogP) is 1.35. The van der Waals surface area contributed by atoms with Gasteiger partial charge in [-0.2, -0.15) is 0 Å². The fourth-order valence-corrected chi connectivity index (χ4v) is 3.60. The van der Waals surface area contributed by atoms with Crippen LogP contribution in [0, 0.1) is 0 Å². The van der Waals surface area contributed by atoms with Gasteiger partial charge in [0.2, 0.25) is 5.88 Å². The first kappa shape index (κ1) is 12.4. The Labute approximate surface area is 107 Å². The highest BCUT2D eigenvalue weighted by atomic mass is 79.9. The largest absolute Gasteiger partial charge is 0.434 e. The number of hydrogen-bond donors (Lipinski definition) is 2. The molecule has 2 heterocycles. The fourth-order valence-electron chi connectivity index (χ4n) is 1.62. The number of hydrogen-bond acceptors (Lipinski definition) is 4. The highest BCUT2D eigenvalue weighted by molar-refractivity contribution is 9.10. The maximum absolute atomic E-state index is 11.5. The molecule has 2 amide bonds. The van der Waals surface area contributed by atoms with Gasteiger partial charge in [0, 0.05) is 12.1 Å². The molecule has 94 valence electrons. The predicted molar refractivity (Wildman–Crippen MR) is 65.6 cm³/mol. The Bertz CT molecular complexity index is 525. The summed E-state index contributed by atoms with van der Waals surface area (Å²) in [7, 11) is -2.98. The summed E-state index contributed by atoms with van der Waals surface area (Å²) >= 11 is 3.11. The number of carbonyl (C=O) groups excluding carboxylic acids is 1. The van der Waals surface area contributed by atoms with E-state index in [2.05, 4.69) is 26.6 Å². The van der Waals surface area contributed by atoms with Gasteiger partial charge in [0.15, 0.2) is 14.5 Å². The molecule has 6 nitrogen and oxygen atoms in total. The van der Waals surface area contributed by atoms with Crippen molar-refractivity contribution in [3.05, 3.63) is 16.8 Å². The van der Waals surface area contributed by atoms with Crippen LogP contribution in [0.4, 0.5) is 10.7 Å². The number of nitrogens with one attached hydrogen (secondary N) is 2. The molecule has 1 unspecified atom stereocenters. The van der Waals surface area contributed by atoms with E-state index in [1.807, 2.05) is 0 Å². The average molecular weight is 323 g/mol. The van der Waals surface area contributed by atoms with Gasteiger partial charge >= 0.3 is 6.03 Å². The number of carbonyl (C=O) groups is 1. The van der Waals surface area contributed by atoms with E-state index in [-0.39, 0.29) is 17.5 Å². The van der Waals surface area contributed by atoms with E-state index in [0.717, 1.165) is 0 Å². The standard InChI is InChI=1S/C9H11BrN2O4S/c10-7-1-2-8(16-7)12-9(13)11-6-3-4-17(14,15)5-6/h1-2,6H,3-5H2,(H2,11,12,13). The molecule has 1 aromatic rings. The van der Waals surface area contributed by atoms with Crippen LogP contribution in [0.1, 0.15) is 6.42 Å². The summed E-state index contributed by atoms with van der Waals surface area (Å²) in [5, 5.41) is 5.06. The monoisotopic (exact) mass is 322 g/mol. The van der Waals surface area contributed by atoms with Crippen molar-refractivity contribution in [3.8, 4) is 0 Å². The zero-order chi connectivity index (χ0) is 12.5. The normalized spacial score (nSPS) is 22.3.